The topological polar surface area (TPSA) is 165 Å². The molecule has 1 aromatic carbocycles. The Labute approximate surface area is 191 Å². The molecule has 0 saturated heterocycles. The summed E-state index contributed by atoms with van der Waals surface area (Å²) >= 11 is 0. The first-order chi connectivity index (χ1) is 15.4. The van der Waals surface area contributed by atoms with Crippen LogP contribution < -0.4 is 10.0 Å². The van der Waals surface area contributed by atoms with E-state index >= 15 is 0 Å². The van der Waals surface area contributed by atoms with Crippen molar-refractivity contribution in [3.63, 3.8) is 0 Å². The molecule has 0 fully saturated rings. The lowest BCUT2D eigenvalue weighted by Crippen LogP contribution is -2.38. The van der Waals surface area contributed by atoms with Gasteiger partial charge in [0, 0.05) is 41.1 Å². The summed E-state index contributed by atoms with van der Waals surface area (Å²) < 4.78 is 32.2. The van der Waals surface area contributed by atoms with E-state index in [1.54, 1.807) is 27.7 Å². The van der Waals surface area contributed by atoms with Crippen LogP contribution in [0.25, 0.3) is 0 Å². The summed E-state index contributed by atoms with van der Waals surface area (Å²) in [5.74, 6) is -3.60. The molecule has 1 aliphatic rings. The minimum absolute atomic E-state index is 0.00730. The van der Waals surface area contributed by atoms with Crippen molar-refractivity contribution in [1.29, 1.82) is 0 Å². The second kappa shape index (κ2) is 10.7. The molecule has 1 aliphatic heterocycles. The lowest BCUT2D eigenvalue weighted by molar-refractivity contribution is -0.384. The van der Waals surface area contributed by atoms with Gasteiger partial charge in [0.05, 0.1) is 17.1 Å². The van der Waals surface area contributed by atoms with E-state index in [1.807, 2.05) is 0 Å². The Morgan fingerprint density at radius 2 is 1.88 bits per heavy atom. The van der Waals surface area contributed by atoms with Crippen LogP contribution in [-0.2, 0) is 24.3 Å². The van der Waals surface area contributed by atoms with Crippen molar-refractivity contribution >= 4 is 27.5 Å². The first kappa shape index (κ1) is 26.2. The van der Waals surface area contributed by atoms with Gasteiger partial charge in [0.25, 0.3) is 5.69 Å². The van der Waals surface area contributed by atoms with Gasteiger partial charge in [-0.15, -0.1) is 0 Å². The number of carbonyl (C=O) groups is 2. The first-order valence-electron chi connectivity index (χ1n) is 10.1. The second-order valence-electron chi connectivity index (χ2n) is 7.80. The number of ketones is 1. The largest absolute Gasteiger partial charge is 0.460 e. The van der Waals surface area contributed by atoms with Gasteiger partial charge in [-0.05, 0) is 33.3 Å². The maximum Gasteiger partial charge on any atom is 0.336 e. The molecule has 0 spiro atoms. The van der Waals surface area contributed by atoms with E-state index in [4.69, 9.17) is 9.84 Å². The number of nitro benzene ring substituents is 1. The van der Waals surface area contributed by atoms with E-state index in [1.165, 1.54) is 24.3 Å². The Balaban J connectivity index is 2.64. The number of aliphatic hydroxyl groups is 1. The third kappa shape index (κ3) is 6.46. The smallest absolute Gasteiger partial charge is 0.336 e. The maximum absolute atomic E-state index is 13.2. The number of dihydropyridines is 1. The van der Waals surface area contributed by atoms with Crippen molar-refractivity contribution < 1.29 is 32.8 Å². The van der Waals surface area contributed by atoms with Crippen molar-refractivity contribution in [1.82, 2.24) is 10.0 Å². The number of nitrogens with zero attached hydrogens (tertiary/aromatic N) is 1. The standard InChI is InChI=1S/C21H27N3O8S/c1-12(2)23-33(30,31)11-17(26)18-13(3)22-14(4)19(21(27)32-9-8-25)20(18)15-6-5-7-16(10-15)24(28)29/h5-7,10,12,20,22-23,25H,8-9,11H2,1-4H3. The van der Waals surface area contributed by atoms with Crippen LogP contribution in [0.15, 0.2) is 46.8 Å². The van der Waals surface area contributed by atoms with Crippen LogP contribution in [0, 0.1) is 10.1 Å². The number of nitro groups is 1. The third-order valence-corrected chi connectivity index (χ3v) is 6.23. The third-order valence-electron chi connectivity index (χ3n) is 4.76. The number of sulfonamides is 1. The Morgan fingerprint density at radius 3 is 2.45 bits per heavy atom. The number of benzene rings is 1. The number of nitrogens with one attached hydrogen (secondary N) is 2. The lowest BCUT2D eigenvalue weighted by atomic mass is 9.79. The maximum atomic E-state index is 13.2. The number of esters is 1. The number of non-ortho nitro benzene ring substituents is 1. The van der Waals surface area contributed by atoms with Crippen molar-refractivity contribution in [2.24, 2.45) is 0 Å². The predicted octanol–water partition coefficient (Wildman–Crippen LogP) is 1.26. The van der Waals surface area contributed by atoms with Gasteiger partial charge in [0.1, 0.15) is 12.4 Å². The summed E-state index contributed by atoms with van der Waals surface area (Å²) in [5, 5.41) is 23.3. The van der Waals surface area contributed by atoms with Gasteiger partial charge in [-0.1, -0.05) is 12.1 Å². The molecule has 1 atom stereocenters. The van der Waals surface area contributed by atoms with Gasteiger partial charge in [-0.2, -0.15) is 0 Å². The van der Waals surface area contributed by atoms with E-state index in [9.17, 15) is 28.1 Å². The predicted molar refractivity (Wildman–Crippen MR) is 119 cm³/mol. The van der Waals surface area contributed by atoms with E-state index in [0.717, 1.165) is 0 Å². The SMILES string of the molecule is CC1=C(C(=O)CS(=O)(=O)NC(C)C)C(c2cccc([N+](=O)[O-])c2)C(C(=O)OCCO)=C(C)N1. The van der Waals surface area contributed by atoms with Crippen molar-refractivity contribution in [3.05, 3.63) is 62.5 Å². The molecule has 0 aliphatic carbocycles. The molecule has 0 bridgehead atoms. The van der Waals surface area contributed by atoms with Gasteiger partial charge in [-0.3, -0.25) is 14.9 Å². The van der Waals surface area contributed by atoms with E-state index < -0.39 is 51.0 Å². The lowest BCUT2D eigenvalue weighted by Gasteiger charge is -2.31. The molecule has 11 nitrogen and oxygen atoms in total. The summed E-state index contributed by atoms with van der Waals surface area (Å²) in [7, 11) is -3.98. The molecular weight excluding hydrogens is 454 g/mol. The highest BCUT2D eigenvalue weighted by atomic mass is 32.2. The zero-order valence-corrected chi connectivity index (χ0v) is 19.6. The molecule has 0 radical (unpaired) electrons. The highest BCUT2D eigenvalue weighted by Gasteiger charge is 2.38. The molecular formula is C21H27N3O8S. The molecule has 2 rings (SSSR count). The van der Waals surface area contributed by atoms with Crippen LogP contribution in [0.2, 0.25) is 0 Å². The zero-order chi connectivity index (χ0) is 24.9. The van der Waals surface area contributed by atoms with Crippen LogP contribution in [0.4, 0.5) is 5.69 Å². The molecule has 1 unspecified atom stereocenters. The summed E-state index contributed by atoms with van der Waals surface area (Å²) in [6.07, 6.45) is 0. The number of rotatable bonds is 10. The Hall–Kier alpha value is -3.09. The van der Waals surface area contributed by atoms with Crippen LogP contribution in [0.5, 0.6) is 0 Å². The molecule has 0 amide bonds. The Bertz CT molecular complexity index is 1120. The van der Waals surface area contributed by atoms with Crippen molar-refractivity contribution in [3.8, 4) is 0 Å². The summed E-state index contributed by atoms with van der Waals surface area (Å²) in [6.45, 7) is 5.63. The van der Waals surface area contributed by atoms with Crippen LogP contribution >= 0.6 is 0 Å². The Kier molecular flexibility index (Phi) is 8.47. The zero-order valence-electron chi connectivity index (χ0n) is 18.7. The molecule has 180 valence electrons. The molecule has 33 heavy (non-hydrogen) atoms. The number of aliphatic hydroxyl groups excluding tert-OH is 1. The van der Waals surface area contributed by atoms with Crippen molar-refractivity contribution in [2.45, 2.75) is 39.7 Å². The molecule has 1 heterocycles. The van der Waals surface area contributed by atoms with Gasteiger partial charge in [-0.25, -0.2) is 17.9 Å². The number of Topliss-reactive ketones (excluding diaryl/α,β-unsaturated/α-hetero) is 1. The van der Waals surface area contributed by atoms with Gasteiger partial charge in [0.15, 0.2) is 5.78 Å². The minimum Gasteiger partial charge on any atom is -0.460 e. The van der Waals surface area contributed by atoms with Crippen LogP contribution in [-0.4, -0.2) is 55.2 Å². The molecule has 3 N–H and O–H groups in total. The number of ether oxygens (including phenoxy) is 1. The number of hydrogen-bond acceptors (Lipinski definition) is 9. The minimum atomic E-state index is -3.98. The monoisotopic (exact) mass is 481 g/mol. The van der Waals surface area contributed by atoms with Crippen LogP contribution in [0.3, 0.4) is 0 Å². The average Bonchev–Trinajstić information content (AvgIpc) is 2.69. The number of allylic oxidation sites excluding steroid dienone is 3. The fourth-order valence-corrected chi connectivity index (χ4v) is 4.96. The van der Waals surface area contributed by atoms with Crippen molar-refractivity contribution in [2.75, 3.05) is 19.0 Å². The fourth-order valence-electron chi connectivity index (χ4n) is 3.65. The average molecular weight is 482 g/mol. The number of hydrogen-bond donors (Lipinski definition) is 3. The highest BCUT2D eigenvalue weighted by Crippen LogP contribution is 2.40. The molecule has 12 heteroatoms. The normalized spacial score (nSPS) is 16.6. The summed E-state index contributed by atoms with van der Waals surface area (Å²) in [5.41, 5.74) is 0.612. The highest BCUT2D eigenvalue weighted by molar-refractivity contribution is 7.90. The van der Waals surface area contributed by atoms with Gasteiger partial charge >= 0.3 is 5.97 Å². The van der Waals surface area contributed by atoms with Gasteiger partial charge in [0.2, 0.25) is 10.0 Å². The van der Waals surface area contributed by atoms with Crippen LogP contribution in [0.1, 0.15) is 39.2 Å². The molecule has 0 aromatic heterocycles. The summed E-state index contributed by atoms with van der Waals surface area (Å²) in [6, 6.07) is 4.98. The summed E-state index contributed by atoms with van der Waals surface area (Å²) in [4.78, 5) is 36.8. The molecule has 1 aromatic rings. The first-order valence-corrected chi connectivity index (χ1v) is 11.8. The Morgan fingerprint density at radius 1 is 1.24 bits per heavy atom. The van der Waals surface area contributed by atoms with E-state index in [2.05, 4.69) is 10.0 Å². The fraction of sp³-hybridized carbons (Fsp3) is 0.429. The second-order valence-corrected chi connectivity index (χ2v) is 9.56. The quantitative estimate of drug-likeness (QED) is 0.253. The van der Waals surface area contributed by atoms with E-state index in [-0.39, 0.29) is 29.0 Å². The number of carbonyl (C=O) groups excluding carboxylic acids is 2. The molecule has 0 saturated carbocycles. The van der Waals surface area contributed by atoms with E-state index in [0.29, 0.717) is 11.4 Å². The van der Waals surface area contributed by atoms with Gasteiger partial charge < -0.3 is 15.2 Å².